The summed E-state index contributed by atoms with van der Waals surface area (Å²) in [7, 11) is 0. The Hall–Kier alpha value is -1.06. The molecule has 0 saturated carbocycles. The average molecular weight is 230 g/mol. The lowest BCUT2D eigenvalue weighted by atomic mass is 9.89. The van der Waals surface area contributed by atoms with Gasteiger partial charge in [0.05, 0.1) is 11.8 Å². The molecule has 0 saturated heterocycles. The molecule has 0 spiro atoms. The predicted molar refractivity (Wildman–Crippen MR) is 61.3 cm³/mol. The van der Waals surface area contributed by atoms with Crippen LogP contribution in [-0.4, -0.2) is 22.2 Å². The van der Waals surface area contributed by atoms with Gasteiger partial charge in [-0.05, 0) is 19.3 Å². The van der Waals surface area contributed by atoms with E-state index in [0.717, 1.165) is 19.3 Å². The lowest BCUT2D eigenvalue weighted by Crippen LogP contribution is -2.22. The van der Waals surface area contributed by atoms with E-state index in [4.69, 9.17) is 10.2 Å². The van der Waals surface area contributed by atoms with Gasteiger partial charge in [0, 0.05) is 0 Å². The fourth-order valence-corrected chi connectivity index (χ4v) is 1.77. The maximum Gasteiger partial charge on any atom is 0.306 e. The van der Waals surface area contributed by atoms with Crippen LogP contribution >= 0.6 is 0 Å². The number of carbonyl (C=O) groups is 2. The first-order chi connectivity index (χ1) is 7.52. The van der Waals surface area contributed by atoms with Gasteiger partial charge in [-0.15, -0.1) is 0 Å². The van der Waals surface area contributed by atoms with Crippen molar-refractivity contribution in [3.8, 4) is 0 Å². The molecule has 0 amide bonds. The van der Waals surface area contributed by atoms with Crippen molar-refractivity contribution < 1.29 is 19.8 Å². The molecule has 0 aromatic carbocycles. The van der Waals surface area contributed by atoms with Crippen molar-refractivity contribution in [2.45, 2.75) is 52.4 Å². The predicted octanol–water partition coefficient (Wildman–Crippen LogP) is 2.77. The number of aliphatic carboxylic acids is 2. The van der Waals surface area contributed by atoms with Crippen molar-refractivity contribution in [3.63, 3.8) is 0 Å². The highest BCUT2D eigenvalue weighted by atomic mass is 16.4. The Labute approximate surface area is 96.7 Å². The highest BCUT2D eigenvalue weighted by molar-refractivity contribution is 5.73. The third-order valence-corrected chi connectivity index (χ3v) is 2.92. The molecule has 0 heterocycles. The Kier molecular flexibility index (Phi) is 7.60. The van der Waals surface area contributed by atoms with Crippen molar-refractivity contribution >= 4 is 11.9 Å². The molecule has 0 fully saturated rings. The summed E-state index contributed by atoms with van der Waals surface area (Å²) in [5, 5.41) is 17.9. The maximum absolute atomic E-state index is 11.0. The molecular formula is C12H22O4. The lowest BCUT2D eigenvalue weighted by Gasteiger charge is -2.16. The van der Waals surface area contributed by atoms with E-state index in [1.807, 2.05) is 0 Å². The van der Waals surface area contributed by atoms with Crippen LogP contribution in [-0.2, 0) is 9.59 Å². The SMILES string of the molecule is CCCCCC(CC(CC)C(=O)O)C(=O)O. The molecule has 4 nitrogen and oxygen atoms in total. The highest BCUT2D eigenvalue weighted by Gasteiger charge is 2.25. The fourth-order valence-electron chi connectivity index (χ4n) is 1.77. The Morgan fingerprint density at radius 3 is 1.94 bits per heavy atom. The molecule has 0 radical (unpaired) electrons. The van der Waals surface area contributed by atoms with Crippen LogP contribution in [0.3, 0.4) is 0 Å². The van der Waals surface area contributed by atoms with E-state index in [1.54, 1.807) is 6.92 Å². The smallest absolute Gasteiger partial charge is 0.306 e. The first-order valence-electron chi connectivity index (χ1n) is 5.98. The number of unbranched alkanes of at least 4 members (excludes halogenated alkanes) is 2. The van der Waals surface area contributed by atoms with E-state index < -0.39 is 23.8 Å². The zero-order chi connectivity index (χ0) is 12.6. The minimum Gasteiger partial charge on any atom is -0.481 e. The Morgan fingerprint density at radius 2 is 1.56 bits per heavy atom. The summed E-state index contributed by atoms with van der Waals surface area (Å²) >= 11 is 0. The highest BCUT2D eigenvalue weighted by Crippen LogP contribution is 2.21. The van der Waals surface area contributed by atoms with Crippen LogP contribution in [0, 0.1) is 11.8 Å². The van der Waals surface area contributed by atoms with Crippen molar-refractivity contribution in [2.75, 3.05) is 0 Å². The maximum atomic E-state index is 11.0. The average Bonchev–Trinajstić information content (AvgIpc) is 2.22. The molecular weight excluding hydrogens is 208 g/mol. The van der Waals surface area contributed by atoms with Crippen LogP contribution in [0.2, 0.25) is 0 Å². The topological polar surface area (TPSA) is 74.6 Å². The largest absolute Gasteiger partial charge is 0.481 e. The summed E-state index contributed by atoms with van der Waals surface area (Å²) < 4.78 is 0. The molecule has 0 aliphatic heterocycles. The standard InChI is InChI=1S/C12H22O4/c1-3-5-6-7-10(12(15)16)8-9(4-2)11(13)14/h9-10H,3-8H2,1-2H3,(H,13,14)(H,15,16). The Bertz CT molecular complexity index is 225. The van der Waals surface area contributed by atoms with E-state index >= 15 is 0 Å². The van der Waals surface area contributed by atoms with E-state index in [0.29, 0.717) is 12.8 Å². The Morgan fingerprint density at radius 1 is 1.00 bits per heavy atom. The Balaban J connectivity index is 4.20. The first-order valence-corrected chi connectivity index (χ1v) is 5.98. The van der Waals surface area contributed by atoms with Crippen molar-refractivity contribution in [1.82, 2.24) is 0 Å². The minimum absolute atomic E-state index is 0.255. The van der Waals surface area contributed by atoms with E-state index in [1.165, 1.54) is 0 Å². The van der Waals surface area contributed by atoms with Gasteiger partial charge in [-0.25, -0.2) is 0 Å². The van der Waals surface area contributed by atoms with Crippen molar-refractivity contribution in [3.05, 3.63) is 0 Å². The zero-order valence-electron chi connectivity index (χ0n) is 10.1. The summed E-state index contributed by atoms with van der Waals surface area (Å²) in [6, 6.07) is 0. The van der Waals surface area contributed by atoms with Crippen LogP contribution in [0.25, 0.3) is 0 Å². The number of rotatable bonds is 9. The lowest BCUT2D eigenvalue weighted by molar-refractivity contribution is -0.146. The van der Waals surface area contributed by atoms with Crippen LogP contribution in [0.1, 0.15) is 52.4 Å². The van der Waals surface area contributed by atoms with E-state index in [-0.39, 0.29) is 6.42 Å². The van der Waals surface area contributed by atoms with Gasteiger partial charge in [-0.1, -0.05) is 33.1 Å². The van der Waals surface area contributed by atoms with Gasteiger partial charge < -0.3 is 10.2 Å². The minimum atomic E-state index is -0.885. The number of hydrogen-bond donors (Lipinski definition) is 2. The summed E-state index contributed by atoms with van der Waals surface area (Å²) in [6.07, 6.45) is 4.25. The second-order valence-electron chi connectivity index (χ2n) is 4.21. The van der Waals surface area contributed by atoms with E-state index in [2.05, 4.69) is 6.92 Å². The van der Waals surface area contributed by atoms with Gasteiger partial charge >= 0.3 is 11.9 Å². The van der Waals surface area contributed by atoms with Gasteiger partial charge in [0.15, 0.2) is 0 Å². The molecule has 0 aliphatic rings. The van der Waals surface area contributed by atoms with Crippen LogP contribution in [0.15, 0.2) is 0 Å². The molecule has 0 rings (SSSR count). The van der Waals surface area contributed by atoms with Gasteiger partial charge in [0.2, 0.25) is 0 Å². The van der Waals surface area contributed by atoms with Crippen LogP contribution in [0.5, 0.6) is 0 Å². The molecule has 16 heavy (non-hydrogen) atoms. The normalized spacial score (nSPS) is 14.4. The number of carboxylic acid groups (broad SMARTS) is 2. The molecule has 2 N–H and O–H groups in total. The van der Waals surface area contributed by atoms with Gasteiger partial charge in [-0.3, -0.25) is 9.59 Å². The second kappa shape index (κ2) is 8.13. The van der Waals surface area contributed by atoms with Gasteiger partial charge in [0.1, 0.15) is 0 Å². The number of carboxylic acids is 2. The monoisotopic (exact) mass is 230 g/mol. The molecule has 0 aromatic rings. The number of hydrogen-bond acceptors (Lipinski definition) is 2. The summed E-state index contributed by atoms with van der Waals surface area (Å²) in [5.41, 5.74) is 0. The first kappa shape index (κ1) is 14.9. The molecule has 2 atom stereocenters. The molecule has 0 aromatic heterocycles. The van der Waals surface area contributed by atoms with E-state index in [9.17, 15) is 9.59 Å². The molecule has 2 unspecified atom stereocenters. The zero-order valence-corrected chi connectivity index (χ0v) is 10.1. The van der Waals surface area contributed by atoms with Crippen LogP contribution < -0.4 is 0 Å². The molecule has 4 heteroatoms. The van der Waals surface area contributed by atoms with Crippen LogP contribution in [0.4, 0.5) is 0 Å². The molecule has 0 bridgehead atoms. The van der Waals surface area contributed by atoms with Gasteiger partial charge in [-0.2, -0.15) is 0 Å². The molecule has 94 valence electrons. The summed E-state index contributed by atoms with van der Waals surface area (Å²) in [4.78, 5) is 21.8. The quantitative estimate of drug-likeness (QED) is 0.597. The third kappa shape index (κ3) is 5.73. The third-order valence-electron chi connectivity index (χ3n) is 2.92. The fraction of sp³-hybridized carbons (Fsp3) is 0.833. The van der Waals surface area contributed by atoms with Crippen molar-refractivity contribution in [2.24, 2.45) is 11.8 Å². The van der Waals surface area contributed by atoms with Crippen molar-refractivity contribution in [1.29, 1.82) is 0 Å². The summed E-state index contributed by atoms with van der Waals surface area (Å²) in [6.45, 7) is 3.84. The van der Waals surface area contributed by atoms with Gasteiger partial charge in [0.25, 0.3) is 0 Å². The summed E-state index contributed by atoms with van der Waals surface area (Å²) in [5.74, 6) is -2.78. The second-order valence-corrected chi connectivity index (χ2v) is 4.21. The molecule has 0 aliphatic carbocycles.